The van der Waals surface area contributed by atoms with Gasteiger partial charge < -0.3 is 14.4 Å². The summed E-state index contributed by atoms with van der Waals surface area (Å²) < 4.78 is 11.2. The lowest BCUT2D eigenvalue weighted by atomic mass is 9.88. The van der Waals surface area contributed by atoms with Crippen molar-refractivity contribution in [3.8, 4) is 11.5 Å². The first kappa shape index (κ1) is 16.9. The van der Waals surface area contributed by atoms with Crippen molar-refractivity contribution in [1.29, 1.82) is 0 Å². The molecule has 1 amide bonds. The number of methoxy groups -OCH3 is 1. The normalized spacial score (nSPS) is 20.2. The number of ether oxygens (including phenoxy) is 2. The van der Waals surface area contributed by atoms with E-state index in [-0.39, 0.29) is 11.8 Å². The smallest absolute Gasteiger partial charge is 0.229 e. The topological polar surface area (TPSA) is 51.7 Å². The third-order valence-electron chi connectivity index (χ3n) is 5.51. The number of likely N-dealkylation sites (tertiary alicyclic amines) is 1. The molecule has 0 aliphatic carbocycles. The molecule has 1 aromatic carbocycles. The molecule has 26 heavy (non-hydrogen) atoms. The quantitative estimate of drug-likeness (QED) is 0.852. The number of carbonyl (C=O) groups excluding carboxylic acids is 1. The van der Waals surface area contributed by atoms with E-state index in [4.69, 9.17) is 9.47 Å². The highest BCUT2D eigenvalue weighted by atomic mass is 16.5. The highest BCUT2D eigenvalue weighted by molar-refractivity contribution is 5.80. The summed E-state index contributed by atoms with van der Waals surface area (Å²) in [5, 5.41) is 0. The molecule has 2 aliphatic rings. The van der Waals surface area contributed by atoms with Gasteiger partial charge in [0.25, 0.3) is 0 Å². The Hall–Kier alpha value is -2.56. The van der Waals surface area contributed by atoms with E-state index < -0.39 is 0 Å². The highest BCUT2D eigenvalue weighted by Crippen LogP contribution is 2.37. The van der Waals surface area contributed by atoms with Crippen LogP contribution in [0, 0.1) is 5.92 Å². The number of nitrogens with zero attached hydrogens (tertiary/aromatic N) is 2. The summed E-state index contributed by atoms with van der Waals surface area (Å²) in [6.07, 6.45) is 6.42. The molecule has 5 nitrogen and oxygen atoms in total. The molecule has 0 bridgehead atoms. The number of rotatable bonds is 3. The minimum Gasteiger partial charge on any atom is -0.493 e. The lowest BCUT2D eigenvalue weighted by molar-refractivity contribution is -0.138. The van der Waals surface area contributed by atoms with Crippen LogP contribution in [0.15, 0.2) is 42.7 Å². The molecule has 1 aromatic heterocycles. The van der Waals surface area contributed by atoms with Crippen molar-refractivity contribution >= 4 is 5.91 Å². The number of hydrogen-bond acceptors (Lipinski definition) is 4. The largest absolute Gasteiger partial charge is 0.493 e. The molecule has 1 unspecified atom stereocenters. The van der Waals surface area contributed by atoms with E-state index in [0.717, 1.165) is 49.4 Å². The van der Waals surface area contributed by atoms with E-state index in [9.17, 15) is 4.79 Å². The number of para-hydroxylation sites is 1. The first-order chi connectivity index (χ1) is 12.8. The second-order valence-corrected chi connectivity index (χ2v) is 7.04. The molecule has 3 heterocycles. The molecule has 1 atom stereocenters. The number of amides is 1. The average Bonchev–Trinajstić information content (AvgIpc) is 2.73. The van der Waals surface area contributed by atoms with Crippen molar-refractivity contribution in [3.63, 3.8) is 0 Å². The number of aromatic nitrogens is 1. The molecule has 1 saturated heterocycles. The lowest BCUT2D eigenvalue weighted by Crippen LogP contribution is -2.44. The number of benzene rings is 1. The van der Waals surface area contributed by atoms with Crippen LogP contribution < -0.4 is 9.47 Å². The Morgan fingerprint density at radius 1 is 1.19 bits per heavy atom. The molecule has 0 N–H and O–H groups in total. The van der Waals surface area contributed by atoms with E-state index in [1.54, 1.807) is 7.11 Å². The van der Waals surface area contributed by atoms with E-state index in [2.05, 4.69) is 17.1 Å². The van der Waals surface area contributed by atoms with Gasteiger partial charge in [-0.25, -0.2) is 0 Å². The third-order valence-corrected chi connectivity index (χ3v) is 5.51. The van der Waals surface area contributed by atoms with Gasteiger partial charge >= 0.3 is 0 Å². The van der Waals surface area contributed by atoms with Gasteiger partial charge in [-0.2, -0.15) is 0 Å². The molecule has 2 aromatic rings. The molecule has 136 valence electrons. The van der Waals surface area contributed by atoms with Gasteiger partial charge in [-0.3, -0.25) is 9.78 Å². The number of carbonyl (C=O) groups is 1. The van der Waals surface area contributed by atoms with Gasteiger partial charge in [0.2, 0.25) is 5.91 Å². The van der Waals surface area contributed by atoms with Gasteiger partial charge in [-0.05, 0) is 54.5 Å². The Labute approximate surface area is 153 Å². The van der Waals surface area contributed by atoms with Crippen molar-refractivity contribution in [2.45, 2.75) is 25.2 Å². The fourth-order valence-electron chi connectivity index (χ4n) is 4.04. The monoisotopic (exact) mass is 352 g/mol. The zero-order valence-corrected chi connectivity index (χ0v) is 15.1. The molecule has 2 aliphatic heterocycles. The predicted octanol–water partition coefficient (Wildman–Crippen LogP) is 3.05. The number of fused-ring (bicyclic) bond motifs is 1. The summed E-state index contributed by atoms with van der Waals surface area (Å²) in [7, 11) is 1.64. The maximum atomic E-state index is 13.0. The molecule has 0 spiro atoms. The third kappa shape index (κ3) is 3.26. The predicted molar refractivity (Wildman–Crippen MR) is 98.5 cm³/mol. The first-order valence-corrected chi connectivity index (χ1v) is 9.23. The van der Waals surface area contributed by atoms with Crippen LogP contribution in [-0.2, 0) is 11.2 Å². The van der Waals surface area contributed by atoms with Crippen LogP contribution in [0.25, 0.3) is 0 Å². The minimum atomic E-state index is -0.105. The van der Waals surface area contributed by atoms with Gasteiger partial charge in [0.15, 0.2) is 11.5 Å². The summed E-state index contributed by atoms with van der Waals surface area (Å²) in [6, 6.07) is 10.0. The number of piperidine rings is 1. The maximum Gasteiger partial charge on any atom is 0.229 e. The summed E-state index contributed by atoms with van der Waals surface area (Å²) in [6.45, 7) is 2.05. The summed E-state index contributed by atoms with van der Waals surface area (Å²) in [5.41, 5.74) is 2.38. The fraction of sp³-hybridized carbons (Fsp3) is 0.429. The van der Waals surface area contributed by atoms with Gasteiger partial charge in [0.05, 0.1) is 13.0 Å². The van der Waals surface area contributed by atoms with Crippen LogP contribution in [0.3, 0.4) is 0 Å². The second-order valence-electron chi connectivity index (χ2n) is 7.04. The zero-order valence-electron chi connectivity index (χ0n) is 15.1. The van der Waals surface area contributed by atoms with Gasteiger partial charge in [-0.15, -0.1) is 0 Å². The highest BCUT2D eigenvalue weighted by Gasteiger charge is 2.32. The van der Waals surface area contributed by atoms with Gasteiger partial charge in [0.1, 0.15) is 6.61 Å². The van der Waals surface area contributed by atoms with Gasteiger partial charge in [-0.1, -0.05) is 12.1 Å². The van der Waals surface area contributed by atoms with E-state index in [0.29, 0.717) is 12.5 Å². The lowest BCUT2D eigenvalue weighted by Gasteiger charge is -2.35. The Morgan fingerprint density at radius 2 is 1.96 bits per heavy atom. The molecule has 0 radical (unpaired) electrons. The van der Waals surface area contributed by atoms with Crippen molar-refractivity contribution in [3.05, 3.63) is 53.9 Å². The van der Waals surface area contributed by atoms with E-state index in [1.165, 1.54) is 5.56 Å². The minimum absolute atomic E-state index is 0.105. The van der Waals surface area contributed by atoms with Crippen LogP contribution >= 0.6 is 0 Å². The Kier molecular flexibility index (Phi) is 4.78. The van der Waals surface area contributed by atoms with E-state index >= 15 is 0 Å². The zero-order chi connectivity index (χ0) is 17.9. The standard InChI is InChI=1S/C21H24N2O3/c1-25-19-4-2-3-17-13-18(14-26-20(17)19)21(24)23-11-7-16(8-12-23)15-5-9-22-10-6-15/h2-6,9-10,16,18H,7-8,11-14H2,1H3. The molecule has 0 saturated carbocycles. The molecular weight excluding hydrogens is 328 g/mol. The van der Waals surface area contributed by atoms with Crippen molar-refractivity contribution in [2.24, 2.45) is 5.92 Å². The SMILES string of the molecule is COc1cccc2c1OCC(C(=O)N1CCC(c3ccncc3)CC1)C2. The van der Waals surface area contributed by atoms with Crippen LogP contribution in [0.1, 0.15) is 29.9 Å². The molecule has 5 heteroatoms. The molecular formula is C21H24N2O3. The van der Waals surface area contributed by atoms with Gasteiger partial charge in [0, 0.05) is 25.5 Å². The Balaban J connectivity index is 1.38. The van der Waals surface area contributed by atoms with Crippen LogP contribution in [0.2, 0.25) is 0 Å². The summed E-state index contributed by atoms with van der Waals surface area (Å²) >= 11 is 0. The summed E-state index contributed by atoms with van der Waals surface area (Å²) in [4.78, 5) is 19.1. The maximum absolute atomic E-state index is 13.0. The fourth-order valence-corrected chi connectivity index (χ4v) is 4.04. The van der Waals surface area contributed by atoms with Crippen LogP contribution in [-0.4, -0.2) is 42.6 Å². The Bertz CT molecular complexity index is 770. The summed E-state index contributed by atoms with van der Waals surface area (Å²) in [5.74, 6) is 2.16. The van der Waals surface area contributed by atoms with Crippen LogP contribution in [0.5, 0.6) is 11.5 Å². The van der Waals surface area contributed by atoms with Crippen molar-refractivity contribution in [2.75, 3.05) is 26.8 Å². The van der Waals surface area contributed by atoms with Crippen molar-refractivity contribution in [1.82, 2.24) is 9.88 Å². The Morgan fingerprint density at radius 3 is 2.69 bits per heavy atom. The average molecular weight is 352 g/mol. The molecule has 4 rings (SSSR count). The second kappa shape index (κ2) is 7.36. The van der Waals surface area contributed by atoms with Crippen molar-refractivity contribution < 1.29 is 14.3 Å². The molecule has 1 fully saturated rings. The number of hydrogen-bond donors (Lipinski definition) is 0. The first-order valence-electron chi connectivity index (χ1n) is 9.23. The van der Waals surface area contributed by atoms with E-state index in [1.807, 2.05) is 35.5 Å². The van der Waals surface area contributed by atoms with Crippen LogP contribution in [0.4, 0.5) is 0 Å². The number of pyridine rings is 1.